The van der Waals surface area contributed by atoms with Gasteiger partial charge in [0.15, 0.2) is 0 Å². The lowest BCUT2D eigenvalue weighted by Gasteiger charge is -2.29. The van der Waals surface area contributed by atoms with Gasteiger partial charge in [0, 0.05) is 7.05 Å². The third-order valence-electron chi connectivity index (χ3n) is 5.21. The molecule has 1 heterocycles. The van der Waals surface area contributed by atoms with Gasteiger partial charge in [0.1, 0.15) is 6.54 Å². The highest BCUT2D eigenvalue weighted by atomic mass is 19.4. The lowest BCUT2D eigenvalue weighted by Crippen LogP contribution is -2.35. The van der Waals surface area contributed by atoms with E-state index in [4.69, 9.17) is 0 Å². The van der Waals surface area contributed by atoms with Gasteiger partial charge < -0.3 is 9.47 Å². The van der Waals surface area contributed by atoms with Crippen molar-refractivity contribution in [3.05, 3.63) is 102 Å². The number of alkyl halides is 3. The second-order valence-corrected chi connectivity index (χ2v) is 7.24. The predicted molar refractivity (Wildman–Crippen MR) is 112 cm³/mol. The van der Waals surface area contributed by atoms with E-state index in [0.29, 0.717) is 0 Å². The zero-order chi connectivity index (χ0) is 22.0. The van der Waals surface area contributed by atoms with Crippen molar-refractivity contribution >= 4 is 16.9 Å². The Hall–Kier alpha value is -3.61. The SMILES string of the molecule is CN(C(=O)Cn1c(C(F)(F)F)nc2ccccc21)C(c1ccccc1)c1ccccc1. The molecule has 0 unspecified atom stereocenters. The quantitative estimate of drug-likeness (QED) is 0.437. The second-order valence-electron chi connectivity index (χ2n) is 7.24. The third-order valence-corrected chi connectivity index (χ3v) is 5.21. The van der Waals surface area contributed by atoms with Crippen molar-refractivity contribution in [2.45, 2.75) is 18.8 Å². The maximum atomic E-state index is 13.6. The first-order valence-corrected chi connectivity index (χ1v) is 9.74. The molecule has 7 heteroatoms. The molecule has 1 amide bonds. The summed E-state index contributed by atoms with van der Waals surface area (Å²) in [5, 5.41) is 0. The predicted octanol–water partition coefficient (Wildman–Crippen LogP) is 5.30. The summed E-state index contributed by atoms with van der Waals surface area (Å²) in [6.07, 6.45) is -4.67. The molecule has 0 spiro atoms. The number of aromatic nitrogens is 2. The van der Waals surface area contributed by atoms with Crippen molar-refractivity contribution < 1.29 is 18.0 Å². The van der Waals surface area contributed by atoms with Crippen LogP contribution in [0.15, 0.2) is 84.9 Å². The van der Waals surface area contributed by atoms with Gasteiger partial charge >= 0.3 is 6.18 Å². The van der Waals surface area contributed by atoms with Gasteiger partial charge in [-0.2, -0.15) is 13.2 Å². The number of halogens is 3. The molecule has 0 aliphatic heterocycles. The maximum absolute atomic E-state index is 13.6. The van der Waals surface area contributed by atoms with Crippen LogP contribution in [0.2, 0.25) is 0 Å². The van der Waals surface area contributed by atoms with E-state index in [1.54, 1.807) is 19.2 Å². The molecule has 1 aromatic heterocycles. The molecule has 3 aromatic carbocycles. The fourth-order valence-corrected chi connectivity index (χ4v) is 3.75. The molecule has 0 saturated carbocycles. The molecule has 31 heavy (non-hydrogen) atoms. The molecule has 0 aliphatic carbocycles. The molecule has 0 saturated heterocycles. The normalized spacial score (nSPS) is 11.8. The first-order valence-electron chi connectivity index (χ1n) is 9.74. The van der Waals surface area contributed by atoms with Crippen LogP contribution in [0.4, 0.5) is 13.2 Å². The number of hydrogen-bond donors (Lipinski definition) is 0. The zero-order valence-electron chi connectivity index (χ0n) is 16.8. The molecule has 0 radical (unpaired) electrons. The number of nitrogens with zero attached hydrogens (tertiary/aromatic N) is 3. The Morgan fingerprint density at radius 3 is 1.97 bits per heavy atom. The number of amides is 1. The number of benzene rings is 3. The highest BCUT2D eigenvalue weighted by molar-refractivity contribution is 5.81. The topological polar surface area (TPSA) is 38.1 Å². The summed E-state index contributed by atoms with van der Waals surface area (Å²) in [6.45, 7) is -0.470. The van der Waals surface area contributed by atoms with Crippen molar-refractivity contribution in [1.29, 1.82) is 0 Å². The lowest BCUT2D eigenvalue weighted by atomic mass is 9.97. The van der Waals surface area contributed by atoms with Gasteiger partial charge in [-0.05, 0) is 23.3 Å². The summed E-state index contributed by atoms with van der Waals surface area (Å²) in [5.74, 6) is -1.53. The standard InChI is InChI=1S/C24H20F3N3O/c1-29(22(17-10-4-2-5-11-17)18-12-6-3-7-13-18)21(31)16-30-20-15-9-8-14-19(20)28-23(30)24(25,26)27/h2-15,22H,16H2,1H3. The second kappa shape index (κ2) is 8.26. The largest absolute Gasteiger partial charge is 0.449 e. The van der Waals surface area contributed by atoms with Crippen LogP contribution in [-0.2, 0) is 17.5 Å². The van der Waals surface area contributed by atoms with E-state index < -0.39 is 30.5 Å². The van der Waals surface area contributed by atoms with Crippen LogP contribution in [0.5, 0.6) is 0 Å². The minimum Gasteiger partial charge on any atom is -0.333 e. The Balaban J connectivity index is 1.72. The molecule has 158 valence electrons. The van der Waals surface area contributed by atoms with Crippen LogP contribution in [0.1, 0.15) is 23.0 Å². The van der Waals surface area contributed by atoms with E-state index in [1.807, 2.05) is 60.7 Å². The molecule has 0 bridgehead atoms. The van der Waals surface area contributed by atoms with Crippen LogP contribution in [0.25, 0.3) is 11.0 Å². The smallest absolute Gasteiger partial charge is 0.333 e. The molecular weight excluding hydrogens is 403 g/mol. The van der Waals surface area contributed by atoms with Gasteiger partial charge in [0.05, 0.1) is 17.1 Å². The van der Waals surface area contributed by atoms with E-state index >= 15 is 0 Å². The van der Waals surface area contributed by atoms with E-state index in [0.717, 1.165) is 15.7 Å². The molecule has 4 aromatic rings. The number of para-hydroxylation sites is 2. The molecular formula is C24H20F3N3O. The van der Waals surface area contributed by atoms with Crippen molar-refractivity contribution in [2.75, 3.05) is 7.05 Å². The third kappa shape index (κ3) is 4.17. The van der Waals surface area contributed by atoms with Crippen LogP contribution in [0, 0.1) is 0 Å². The van der Waals surface area contributed by atoms with Crippen molar-refractivity contribution in [1.82, 2.24) is 14.5 Å². The molecule has 0 fully saturated rings. The van der Waals surface area contributed by atoms with Crippen molar-refractivity contribution in [3.63, 3.8) is 0 Å². The lowest BCUT2D eigenvalue weighted by molar-refractivity contribution is -0.148. The van der Waals surface area contributed by atoms with Gasteiger partial charge in [-0.3, -0.25) is 4.79 Å². The van der Waals surface area contributed by atoms with Gasteiger partial charge in [-0.1, -0.05) is 72.8 Å². The summed E-state index contributed by atoms with van der Waals surface area (Å²) < 4.78 is 41.8. The fourth-order valence-electron chi connectivity index (χ4n) is 3.75. The highest BCUT2D eigenvalue weighted by Crippen LogP contribution is 2.32. The average molecular weight is 423 g/mol. The van der Waals surface area contributed by atoms with Gasteiger partial charge in [0.2, 0.25) is 11.7 Å². The summed E-state index contributed by atoms with van der Waals surface area (Å²) in [4.78, 5) is 18.4. The summed E-state index contributed by atoms with van der Waals surface area (Å²) in [5.41, 5.74) is 2.22. The number of fused-ring (bicyclic) bond motifs is 1. The van der Waals surface area contributed by atoms with Crippen LogP contribution < -0.4 is 0 Å². The number of likely N-dealkylation sites (N-methyl/N-ethyl adjacent to an activating group) is 1. The zero-order valence-corrected chi connectivity index (χ0v) is 16.8. The van der Waals surface area contributed by atoms with Crippen LogP contribution in [0.3, 0.4) is 0 Å². The van der Waals surface area contributed by atoms with Crippen molar-refractivity contribution in [3.8, 4) is 0 Å². The molecule has 0 aliphatic rings. The van der Waals surface area contributed by atoms with E-state index in [-0.39, 0.29) is 11.0 Å². The fraction of sp³-hybridized carbons (Fsp3) is 0.167. The van der Waals surface area contributed by atoms with Crippen molar-refractivity contribution in [2.24, 2.45) is 0 Å². The monoisotopic (exact) mass is 423 g/mol. The summed E-state index contributed by atoms with van der Waals surface area (Å²) in [7, 11) is 1.61. The van der Waals surface area contributed by atoms with Crippen LogP contribution >= 0.6 is 0 Å². The summed E-state index contributed by atoms with van der Waals surface area (Å²) in [6, 6.07) is 24.7. The van der Waals surface area contributed by atoms with E-state index in [2.05, 4.69) is 4.98 Å². The number of imidazole rings is 1. The van der Waals surface area contributed by atoms with Crippen LogP contribution in [-0.4, -0.2) is 27.4 Å². The summed E-state index contributed by atoms with van der Waals surface area (Å²) >= 11 is 0. The van der Waals surface area contributed by atoms with Gasteiger partial charge in [-0.25, -0.2) is 4.98 Å². The van der Waals surface area contributed by atoms with E-state index in [1.165, 1.54) is 17.0 Å². The Bertz CT molecular complexity index is 1150. The van der Waals surface area contributed by atoms with E-state index in [9.17, 15) is 18.0 Å². The highest BCUT2D eigenvalue weighted by Gasteiger charge is 2.38. The Labute approximate surface area is 177 Å². The average Bonchev–Trinajstić information content (AvgIpc) is 3.14. The maximum Gasteiger partial charge on any atom is 0.449 e. The minimum absolute atomic E-state index is 0.202. The van der Waals surface area contributed by atoms with Gasteiger partial charge in [0.25, 0.3) is 0 Å². The molecule has 4 nitrogen and oxygen atoms in total. The minimum atomic E-state index is -4.67. The Morgan fingerprint density at radius 1 is 0.903 bits per heavy atom. The molecule has 4 rings (SSSR count). The number of hydrogen-bond acceptors (Lipinski definition) is 2. The number of carbonyl (C=O) groups excluding carboxylic acids is 1. The number of rotatable bonds is 5. The molecule has 0 N–H and O–H groups in total. The molecule has 0 atom stereocenters. The number of carbonyl (C=O) groups is 1. The first kappa shape index (κ1) is 20.7. The van der Waals surface area contributed by atoms with Gasteiger partial charge in [-0.15, -0.1) is 0 Å². The Kier molecular flexibility index (Phi) is 5.50. The first-order chi connectivity index (χ1) is 14.9. The Morgan fingerprint density at radius 2 is 1.42 bits per heavy atom.